The van der Waals surface area contributed by atoms with Gasteiger partial charge in [0.2, 0.25) is 0 Å². The number of amides is 1. The topological polar surface area (TPSA) is 50.8 Å². The molecule has 0 fully saturated rings. The standard InChI is InChI=1S/C20H28N2O3S/c1-5-6-10-25-18-8-7-15(12-19(18)24-4)20(23)21-13-17(22(2)3)16-9-11-26-14-16/h7-9,11-12,14,17H,5-6,10,13H2,1-4H3,(H,21,23)/t17-/m1/s1. The van der Waals surface area contributed by atoms with Crippen molar-refractivity contribution in [3.63, 3.8) is 0 Å². The molecule has 6 heteroatoms. The molecule has 5 nitrogen and oxygen atoms in total. The monoisotopic (exact) mass is 376 g/mol. The normalized spacial score (nSPS) is 12.0. The van der Waals surface area contributed by atoms with Crippen molar-refractivity contribution in [3.8, 4) is 11.5 Å². The lowest BCUT2D eigenvalue weighted by molar-refractivity contribution is 0.0941. The second-order valence-corrected chi connectivity index (χ2v) is 7.09. The Hall–Kier alpha value is -2.05. The van der Waals surface area contributed by atoms with Gasteiger partial charge in [0.05, 0.1) is 19.8 Å². The van der Waals surface area contributed by atoms with Crippen LogP contribution in [0.3, 0.4) is 0 Å². The van der Waals surface area contributed by atoms with Crippen LogP contribution in [0.5, 0.6) is 11.5 Å². The lowest BCUT2D eigenvalue weighted by atomic mass is 10.1. The van der Waals surface area contributed by atoms with E-state index in [1.54, 1.807) is 36.6 Å². The predicted molar refractivity (Wildman–Crippen MR) is 106 cm³/mol. The quantitative estimate of drug-likeness (QED) is 0.638. The minimum atomic E-state index is -0.120. The van der Waals surface area contributed by atoms with Gasteiger partial charge in [0.15, 0.2) is 11.5 Å². The van der Waals surface area contributed by atoms with Crippen LogP contribution >= 0.6 is 11.3 Å². The van der Waals surface area contributed by atoms with Crippen LogP contribution in [0.15, 0.2) is 35.0 Å². The first-order chi connectivity index (χ1) is 12.6. The van der Waals surface area contributed by atoms with Gasteiger partial charge in [-0.3, -0.25) is 4.79 Å². The number of nitrogens with zero attached hydrogens (tertiary/aromatic N) is 1. The van der Waals surface area contributed by atoms with Crippen molar-refractivity contribution in [1.82, 2.24) is 10.2 Å². The minimum absolute atomic E-state index is 0.120. The van der Waals surface area contributed by atoms with E-state index in [0.717, 1.165) is 12.8 Å². The summed E-state index contributed by atoms with van der Waals surface area (Å²) < 4.78 is 11.1. The average molecular weight is 377 g/mol. The van der Waals surface area contributed by atoms with E-state index in [2.05, 4.69) is 34.0 Å². The summed E-state index contributed by atoms with van der Waals surface area (Å²) >= 11 is 1.66. The average Bonchev–Trinajstić information content (AvgIpc) is 3.16. The fraction of sp³-hybridized carbons (Fsp3) is 0.450. The summed E-state index contributed by atoms with van der Waals surface area (Å²) in [7, 11) is 5.61. The fourth-order valence-corrected chi connectivity index (χ4v) is 3.32. The number of carbonyl (C=O) groups excluding carboxylic acids is 1. The highest BCUT2D eigenvalue weighted by Crippen LogP contribution is 2.28. The Morgan fingerprint density at radius 1 is 1.27 bits per heavy atom. The third-order valence-electron chi connectivity index (χ3n) is 4.19. The predicted octanol–water partition coefficient (Wildman–Crippen LogP) is 3.97. The van der Waals surface area contributed by atoms with E-state index in [1.807, 2.05) is 14.1 Å². The number of likely N-dealkylation sites (N-methyl/N-ethyl adjacent to an activating group) is 1. The number of ether oxygens (including phenoxy) is 2. The maximum Gasteiger partial charge on any atom is 0.251 e. The number of rotatable bonds is 10. The highest BCUT2D eigenvalue weighted by Gasteiger charge is 2.17. The molecule has 1 amide bonds. The van der Waals surface area contributed by atoms with Crippen molar-refractivity contribution in [3.05, 3.63) is 46.2 Å². The molecule has 1 aromatic carbocycles. The van der Waals surface area contributed by atoms with E-state index in [4.69, 9.17) is 9.47 Å². The Bertz CT molecular complexity index is 686. The number of carbonyl (C=O) groups is 1. The molecule has 1 aromatic heterocycles. The third-order valence-corrected chi connectivity index (χ3v) is 4.89. The molecule has 2 aromatic rings. The van der Waals surface area contributed by atoms with Crippen LogP contribution in [0, 0.1) is 0 Å². The van der Waals surface area contributed by atoms with E-state index in [-0.39, 0.29) is 11.9 Å². The van der Waals surface area contributed by atoms with Gasteiger partial charge in [0.1, 0.15) is 0 Å². The van der Waals surface area contributed by atoms with Gasteiger partial charge in [-0.25, -0.2) is 0 Å². The van der Waals surface area contributed by atoms with Gasteiger partial charge in [0.25, 0.3) is 5.91 Å². The number of unbranched alkanes of at least 4 members (excludes halogenated alkanes) is 1. The van der Waals surface area contributed by atoms with Crippen LogP contribution in [0.1, 0.15) is 41.7 Å². The van der Waals surface area contributed by atoms with Crippen LogP contribution < -0.4 is 14.8 Å². The first-order valence-corrected chi connectivity index (χ1v) is 9.78. The van der Waals surface area contributed by atoms with Gasteiger partial charge in [-0.1, -0.05) is 13.3 Å². The van der Waals surface area contributed by atoms with Crippen molar-refractivity contribution in [2.75, 3.05) is 34.4 Å². The molecule has 1 atom stereocenters. The molecule has 0 saturated heterocycles. The highest BCUT2D eigenvalue weighted by atomic mass is 32.1. The number of hydrogen-bond acceptors (Lipinski definition) is 5. The Kier molecular flexibility index (Phi) is 7.94. The molecular formula is C20H28N2O3S. The Morgan fingerprint density at radius 3 is 2.69 bits per heavy atom. The molecule has 0 bridgehead atoms. The maximum atomic E-state index is 12.6. The maximum absolute atomic E-state index is 12.6. The molecule has 26 heavy (non-hydrogen) atoms. The van der Waals surface area contributed by atoms with Crippen LogP contribution in [-0.4, -0.2) is 45.2 Å². The number of hydrogen-bond donors (Lipinski definition) is 1. The van der Waals surface area contributed by atoms with Crippen LogP contribution in [0.25, 0.3) is 0 Å². The second kappa shape index (κ2) is 10.2. The van der Waals surface area contributed by atoms with E-state index >= 15 is 0 Å². The second-order valence-electron chi connectivity index (χ2n) is 6.31. The number of benzene rings is 1. The molecule has 0 aliphatic rings. The minimum Gasteiger partial charge on any atom is -0.493 e. The first-order valence-electron chi connectivity index (χ1n) is 8.84. The van der Waals surface area contributed by atoms with Gasteiger partial charge in [-0.2, -0.15) is 11.3 Å². The summed E-state index contributed by atoms with van der Waals surface area (Å²) in [6.07, 6.45) is 2.06. The summed E-state index contributed by atoms with van der Waals surface area (Å²) in [5, 5.41) is 7.18. The van der Waals surface area contributed by atoms with Gasteiger partial charge in [0, 0.05) is 12.1 Å². The molecule has 0 aliphatic carbocycles. The first kappa shape index (κ1) is 20.3. The molecule has 0 spiro atoms. The smallest absolute Gasteiger partial charge is 0.251 e. The van der Waals surface area contributed by atoms with Crippen molar-refractivity contribution < 1.29 is 14.3 Å². The Labute approximate surface area is 159 Å². The van der Waals surface area contributed by atoms with Crippen LogP contribution in [-0.2, 0) is 0 Å². The Morgan fingerprint density at radius 2 is 2.08 bits per heavy atom. The summed E-state index contributed by atoms with van der Waals surface area (Å²) in [4.78, 5) is 14.7. The number of methoxy groups -OCH3 is 1. The highest BCUT2D eigenvalue weighted by molar-refractivity contribution is 7.07. The van der Waals surface area contributed by atoms with E-state index in [0.29, 0.717) is 30.2 Å². The lowest BCUT2D eigenvalue weighted by Gasteiger charge is -2.24. The third kappa shape index (κ3) is 5.47. The van der Waals surface area contributed by atoms with Crippen molar-refractivity contribution >= 4 is 17.2 Å². The zero-order valence-corrected chi connectivity index (χ0v) is 16.8. The molecule has 0 radical (unpaired) electrons. The molecule has 0 aliphatic heterocycles. The SMILES string of the molecule is CCCCOc1ccc(C(=O)NC[C@H](c2ccsc2)N(C)C)cc1OC. The fourth-order valence-electron chi connectivity index (χ4n) is 2.61. The zero-order chi connectivity index (χ0) is 18.9. The number of thiophene rings is 1. The van der Waals surface area contributed by atoms with Crippen molar-refractivity contribution in [2.24, 2.45) is 0 Å². The lowest BCUT2D eigenvalue weighted by Crippen LogP contribution is -2.34. The molecular weight excluding hydrogens is 348 g/mol. The largest absolute Gasteiger partial charge is 0.493 e. The molecule has 0 saturated carbocycles. The summed E-state index contributed by atoms with van der Waals surface area (Å²) in [5.74, 6) is 1.13. The molecule has 2 rings (SSSR count). The van der Waals surface area contributed by atoms with E-state index in [1.165, 1.54) is 5.56 Å². The van der Waals surface area contributed by atoms with E-state index < -0.39 is 0 Å². The van der Waals surface area contributed by atoms with Crippen LogP contribution in [0.4, 0.5) is 0 Å². The van der Waals surface area contributed by atoms with Gasteiger partial charge in [-0.15, -0.1) is 0 Å². The van der Waals surface area contributed by atoms with Gasteiger partial charge >= 0.3 is 0 Å². The zero-order valence-electron chi connectivity index (χ0n) is 16.0. The van der Waals surface area contributed by atoms with Crippen LogP contribution in [0.2, 0.25) is 0 Å². The summed E-state index contributed by atoms with van der Waals surface area (Å²) in [6.45, 7) is 3.30. The van der Waals surface area contributed by atoms with Crippen molar-refractivity contribution in [1.29, 1.82) is 0 Å². The molecule has 142 valence electrons. The summed E-state index contributed by atoms with van der Waals surface area (Å²) in [5.41, 5.74) is 1.77. The van der Waals surface area contributed by atoms with E-state index in [9.17, 15) is 4.79 Å². The van der Waals surface area contributed by atoms with Gasteiger partial charge < -0.3 is 19.7 Å². The van der Waals surface area contributed by atoms with Crippen molar-refractivity contribution in [2.45, 2.75) is 25.8 Å². The number of nitrogens with one attached hydrogen (secondary N) is 1. The summed E-state index contributed by atoms with van der Waals surface area (Å²) in [6, 6.07) is 7.53. The Balaban J connectivity index is 2.02. The van der Waals surface area contributed by atoms with Gasteiger partial charge in [-0.05, 0) is 61.1 Å². The molecule has 1 N–H and O–H groups in total. The molecule has 1 heterocycles. The molecule has 0 unspecified atom stereocenters.